The molecule has 1 heterocycles. The summed E-state index contributed by atoms with van der Waals surface area (Å²) in [5.41, 5.74) is 5.85. The van der Waals surface area contributed by atoms with Crippen LogP contribution in [0.1, 0.15) is 17.5 Å². The molecule has 4 nitrogen and oxygen atoms in total. The van der Waals surface area contributed by atoms with Crippen molar-refractivity contribution in [1.82, 2.24) is 5.32 Å². The second kappa shape index (κ2) is 6.32. The molecule has 0 radical (unpaired) electrons. The third-order valence-corrected chi connectivity index (χ3v) is 5.53. The molecular weight excluding hydrogens is 320 g/mol. The summed E-state index contributed by atoms with van der Waals surface area (Å²) in [5.74, 6) is 1.19. The van der Waals surface area contributed by atoms with Crippen molar-refractivity contribution in [2.75, 3.05) is 16.8 Å². The summed E-state index contributed by atoms with van der Waals surface area (Å²) in [4.78, 5) is 24.1. The molecule has 4 rings (SSSR count). The van der Waals surface area contributed by atoms with Gasteiger partial charge in [-0.15, -0.1) is 0 Å². The standard InChI is InChI=1S/C19H18N2O2S/c22-18-7-8-24-11-17(21-18)19(23)20-14-5-6-16-13(10-14)9-12-3-1-2-4-15(12)16/h1-6,10,17H,7-9,11H2,(H,20,23)(H,21,22)/t17-/m0/s1. The Bertz CT molecular complexity index is 819. The molecule has 2 aliphatic rings. The number of hydrogen-bond acceptors (Lipinski definition) is 3. The average Bonchev–Trinajstić information content (AvgIpc) is 2.80. The lowest BCUT2D eigenvalue weighted by Gasteiger charge is -2.15. The van der Waals surface area contributed by atoms with Gasteiger partial charge in [-0.1, -0.05) is 30.3 Å². The van der Waals surface area contributed by atoms with Crippen LogP contribution in [0.3, 0.4) is 0 Å². The molecule has 2 amide bonds. The Morgan fingerprint density at radius 1 is 1.12 bits per heavy atom. The molecular formula is C19H18N2O2S. The van der Waals surface area contributed by atoms with E-state index >= 15 is 0 Å². The van der Waals surface area contributed by atoms with Gasteiger partial charge in [-0.25, -0.2) is 0 Å². The van der Waals surface area contributed by atoms with Gasteiger partial charge in [-0.3, -0.25) is 9.59 Å². The maximum absolute atomic E-state index is 12.4. The van der Waals surface area contributed by atoms with Gasteiger partial charge in [0.15, 0.2) is 0 Å². The van der Waals surface area contributed by atoms with Crippen LogP contribution in [0.5, 0.6) is 0 Å². The molecule has 0 aromatic heterocycles. The van der Waals surface area contributed by atoms with Crippen molar-refractivity contribution in [2.24, 2.45) is 0 Å². The van der Waals surface area contributed by atoms with E-state index in [1.807, 2.05) is 12.1 Å². The van der Waals surface area contributed by atoms with Crippen LogP contribution in [0.15, 0.2) is 42.5 Å². The van der Waals surface area contributed by atoms with Crippen LogP contribution < -0.4 is 10.6 Å². The number of benzene rings is 2. The Balaban J connectivity index is 1.51. The summed E-state index contributed by atoms with van der Waals surface area (Å²) in [6.45, 7) is 0. The minimum atomic E-state index is -0.463. The van der Waals surface area contributed by atoms with Crippen molar-refractivity contribution in [3.8, 4) is 11.1 Å². The Hall–Kier alpha value is -2.27. The third kappa shape index (κ3) is 2.91. The van der Waals surface area contributed by atoms with Gasteiger partial charge in [0, 0.05) is 23.6 Å². The zero-order valence-electron chi connectivity index (χ0n) is 13.2. The first-order chi connectivity index (χ1) is 11.7. The predicted molar refractivity (Wildman–Crippen MR) is 97.2 cm³/mol. The zero-order valence-corrected chi connectivity index (χ0v) is 14.0. The third-order valence-electron chi connectivity index (χ3n) is 4.47. The molecule has 2 N–H and O–H groups in total. The number of thioether (sulfide) groups is 1. The number of carbonyl (C=O) groups excluding carboxylic acids is 2. The highest BCUT2D eigenvalue weighted by atomic mass is 32.2. The molecule has 1 saturated heterocycles. The minimum Gasteiger partial charge on any atom is -0.343 e. The fourth-order valence-electron chi connectivity index (χ4n) is 3.27. The second-order valence-electron chi connectivity index (χ2n) is 6.14. The first kappa shape index (κ1) is 15.3. The van der Waals surface area contributed by atoms with Crippen molar-refractivity contribution in [3.63, 3.8) is 0 Å². The fraction of sp³-hybridized carbons (Fsp3) is 0.263. The lowest BCUT2D eigenvalue weighted by atomic mass is 10.1. The van der Waals surface area contributed by atoms with Gasteiger partial charge in [0.1, 0.15) is 6.04 Å². The van der Waals surface area contributed by atoms with Crippen LogP contribution in [0, 0.1) is 0 Å². The summed E-state index contributed by atoms with van der Waals surface area (Å²) in [5, 5.41) is 5.74. The number of carbonyl (C=O) groups is 2. The van der Waals surface area contributed by atoms with E-state index < -0.39 is 6.04 Å². The Morgan fingerprint density at radius 3 is 2.88 bits per heavy atom. The van der Waals surface area contributed by atoms with E-state index in [4.69, 9.17) is 0 Å². The number of nitrogens with one attached hydrogen (secondary N) is 2. The maximum Gasteiger partial charge on any atom is 0.247 e. The molecule has 0 bridgehead atoms. The van der Waals surface area contributed by atoms with Crippen LogP contribution in [0.25, 0.3) is 11.1 Å². The van der Waals surface area contributed by atoms with Gasteiger partial charge in [-0.05, 0) is 40.8 Å². The van der Waals surface area contributed by atoms with E-state index in [0.29, 0.717) is 12.2 Å². The summed E-state index contributed by atoms with van der Waals surface area (Å²) >= 11 is 1.63. The van der Waals surface area contributed by atoms with Crippen LogP contribution >= 0.6 is 11.8 Å². The van der Waals surface area contributed by atoms with Gasteiger partial charge in [0.25, 0.3) is 0 Å². The van der Waals surface area contributed by atoms with Gasteiger partial charge in [0.2, 0.25) is 11.8 Å². The summed E-state index contributed by atoms with van der Waals surface area (Å²) in [6, 6.07) is 14.0. The SMILES string of the molecule is O=C1CCSC[C@@H](C(=O)Nc2ccc3c(c2)Cc2ccccc2-3)N1. The smallest absolute Gasteiger partial charge is 0.247 e. The molecule has 1 aliphatic carbocycles. The van der Waals surface area contributed by atoms with Gasteiger partial charge in [-0.2, -0.15) is 11.8 Å². The van der Waals surface area contributed by atoms with Gasteiger partial charge in [0.05, 0.1) is 0 Å². The van der Waals surface area contributed by atoms with Gasteiger partial charge < -0.3 is 10.6 Å². The molecule has 2 aromatic carbocycles. The number of amides is 2. The highest BCUT2D eigenvalue weighted by Gasteiger charge is 2.24. The quantitative estimate of drug-likeness (QED) is 0.755. The van der Waals surface area contributed by atoms with E-state index in [9.17, 15) is 9.59 Å². The highest BCUT2D eigenvalue weighted by Crippen LogP contribution is 2.37. The predicted octanol–water partition coefficient (Wildman–Crippen LogP) is 2.82. The molecule has 0 saturated carbocycles. The molecule has 24 heavy (non-hydrogen) atoms. The zero-order chi connectivity index (χ0) is 16.5. The van der Waals surface area contributed by atoms with E-state index in [1.54, 1.807) is 11.8 Å². The van der Waals surface area contributed by atoms with Crippen LogP contribution in [0.4, 0.5) is 5.69 Å². The Kier molecular flexibility index (Phi) is 4.02. The van der Waals surface area contributed by atoms with Crippen LogP contribution in [0.2, 0.25) is 0 Å². The molecule has 0 spiro atoms. The number of hydrogen-bond donors (Lipinski definition) is 2. The molecule has 1 fully saturated rings. The van der Waals surface area contributed by atoms with Crippen molar-refractivity contribution >= 4 is 29.3 Å². The second-order valence-corrected chi connectivity index (χ2v) is 7.29. The van der Waals surface area contributed by atoms with Crippen molar-refractivity contribution in [3.05, 3.63) is 53.6 Å². The number of fused-ring (bicyclic) bond motifs is 3. The van der Waals surface area contributed by atoms with Crippen molar-refractivity contribution in [2.45, 2.75) is 18.9 Å². The average molecular weight is 338 g/mol. The molecule has 2 aromatic rings. The molecule has 1 atom stereocenters. The van der Waals surface area contributed by atoms with Crippen LogP contribution in [-0.2, 0) is 16.0 Å². The summed E-state index contributed by atoms with van der Waals surface area (Å²) in [7, 11) is 0. The lowest BCUT2D eigenvalue weighted by Crippen LogP contribution is -2.44. The first-order valence-electron chi connectivity index (χ1n) is 8.10. The van der Waals surface area contributed by atoms with E-state index in [1.165, 1.54) is 22.3 Å². The van der Waals surface area contributed by atoms with E-state index in [2.05, 4.69) is 41.0 Å². The lowest BCUT2D eigenvalue weighted by molar-refractivity contribution is -0.125. The summed E-state index contributed by atoms with van der Waals surface area (Å²) < 4.78 is 0. The van der Waals surface area contributed by atoms with E-state index in [0.717, 1.165) is 17.9 Å². The largest absolute Gasteiger partial charge is 0.343 e. The maximum atomic E-state index is 12.4. The van der Waals surface area contributed by atoms with Crippen molar-refractivity contribution < 1.29 is 9.59 Å². The van der Waals surface area contributed by atoms with Crippen molar-refractivity contribution in [1.29, 1.82) is 0 Å². The Labute approximate surface area is 145 Å². The first-order valence-corrected chi connectivity index (χ1v) is 9.25. The minimum absolute atomic E-state index is 0.0513. The molecule has 1 aliphatic heterocycles. The molecule has 5 heteroatoms. The summed E-state index contributed by atoms with van der Waals surface area (Å²) in [6.07, 6.45) is 1.37. The number of rotatable bonds is 2. The van der Waals surface area contributed by atoms with Gasteiger partial charge >= 0.3 is 0 Å². The topological polar surface area (TPSA) is 58.2 Å². The molecule has 122 valence electrons. The number of anilines is 1. The highest BCUT2D eigenvalue weighted by molar-refractivity contribution is 7.99. The fourth-order valence-corrected chi connectivity index (χ4v) is 4.23. The normalized spacial score (nSPS) is 19.0. The van der Waals surface area contributed by atoms with Crippen LogP contribution in [-0.4, -0.2) is 29.4 Å². The monoisotopic (exact) mass is 338 g/mol. The molecule has 0 unspecified atom stereocenters. The van der Waals surface area contributed by atoms with E-state index in [-0.39, 0.29) is 11.8 Å². The Morgan fingerprint density at radius 2 is 1.96 bits per heavy atom.